The van der Waals surface area contributed by atoms with Crippen LogP contribution in [0.2, 0.25) is 0 Å². The van der Waals surface area contributed by atoms with Crippen molar-refractivity contribution in [1.29, 1.82) is 0 Å². The van der Waals surface area contributed by atoms with Crippen molar-refractivity contribution in [2.45, 2.75) is 24.4 Å². The summed E-state index contributed by atoms with van der Waals surface area (Å²) < 4.78 is 27.7. The Bertz CT molecular complexity index is 1050. The molecule has 0 fully saturated rings. The first-order valence-corrected chi connectivity index (χ1v) is 10.9. The van der Waals surface area contributed by atoms with Gasteiger partial charge < -0.3 is 10.4 Å². The van der Waals surface area contributed by atoms with Crippen molar-refractivity contribution in [3.63, 3.8) is 0 Å². The second-order valence-electron chi connectivity index (χ2n) is 6.20. The van der Waals surface area contributed by atoms with E-state index < -0.39 is 15.9 Å². The van der Waals surface area contributed by atoms with E-state index >= 15 is 0 Å². The van der Waals surface area contributed by atoms with Gasteiger partial charge in [-0.15, -0.1) is 11.3 Å². The molecule has 0 saturated carbocycles. The summed E-state index contributed by atoms with van der Waals surface area (Å²) in [7, 11) is -3.84. The van der Waals surface area contributed by atoms with Crippen molar-refractivity contribution in [3.05, 3.63) is 82.0 Å². The Labute approximate surface area is 167 Å². The predicted octanol–water partition coefficient (Wildman–Crippen LogP) is 3.42. The van der Waals surface area contributed by atoms with E-state index in [1.807, 2.05) is 54.8 Å². The van der Waals surface area contributed by atoms with Gasteiger partial charge in [-0.05, 0) is 42.1 Å². The molecule has 0 saturated heterocycles. The number of hydrogen-bond donors (Lipinski definition) is 3. The van der Waals surface area contributed by atoms with Gasteiger partial charge in [0.15, 0.2) is 0 Å². The van der Waals surface area contributed by atoms with E-state index in [1.165, 1.54) is 29.5 Å². The Kier molecular flexibility index (Phi) is 6.13. The monoisotopic (exact) mass is 416 g/mol. The predicted molar refractivity (Wildman–Crippen MR) is 109 cm³/mol. The van der Waals surface area contributed by atoms with Gasteiger partial charge in [0.2, 0.25) is 10.0 Å². The topological polar surface area (TPSA) is 95.5 Å². The molecule has 1 unspecified atom stereocenters. The van der Waals surface area contributed by atoms with Crippen molar-refractivity contribution in [3.8, 4) is 5.75 Å². The van der Waals surface area contributed by atoms with E-state index in [2.05, 4.69) is 10.0 Å². The maximum absolute atomic E-state index is 12.6. The summed E-state index contributed by atoms with van der Waals surface area (Å²) in [6, 6.07) is 16.3. The third-order valence-corrected chi connectivity index (χ3v) is 6.60. The van der Waals surface area contributed by atoms with Crippen LogP contribution in [0.5, 0.6) is 5.75 Å². The highest BCUT2D eigenvalue weighted by molar-refractivity contribution is 7.89. The van der Waals surface area contributed by atoms with Gasteiger partial charge in [0, 0.05) is 11.4 Å². The van der Waals surface area contributed by atoms with Crippen LogP contribution < -0.4 is 10.0 Å². The van der Waals surface area contributed by atoms with Gasteiger partial charge in [-0.3, -0.25) is 4.79 Å². The third kappa shape index (κ3) is 4.78. The van der Waals surface area contributed by atoms with Crippen molar-refractivity contribution < 1.29 is 18.3 Å². The standard InChI is InChI=1S/C20H20N2O4S2/c1-14(19-8-5-11-27-19)22-20(24)17-12-16(9-10-18(17)23)28(25,26)21-13-15-6-3-2-4-7-15/h2-12,14,21,23H,13H2,1H3,(H,22,24). The van der Waals surface area contributed by atoms with Crippen LogP contribution in [0.25, 0.3) is 0 Å². The Hall–Kier alpha value is -2.68. The summed E-state index contributed by atoms with van der Waals surface area (Å²) in [5, 5.41) is 14.7. The molecule has 1 amide bonds. The molecule has 0 aliphatic heterocycles. The molecule has 0 aliphatic carbocycles. The fourth-order valence-corrected chi connectivity index (χ4v) is 4.38. The van der Waals surface area contributed by atoms with Crippen molar-refractivity contribution in [2.75, 3.05) is 0 Å². The number of phenols is 1. The average Bonchev–Trinajstić information content (AvgIpc) is 3.22. The molecule has 28 heavy (non-hydrogen) atoms. The number of rotatable bonds is 7. The van der Waals surface area contributed by atoms with Crippen LogP contribution in [-0.4, -0.2) is 19.4 Å². The van der Waals surface area contributed by atoms with E-state index in [0.717, 1.165) is 10.4 Å². The molecule has 3 aromatic rings. The lowest BCUT2D eigenvalue weighted by molar-refractivity contribution is 0.0937. The fourth-order valence-electron chi connectivity index (χ4n) is 2.60. The molecule has 0 aliphatic rings. The highest BCUT2D eigenvalue weighted by Crippen LogP contribution is 2.24. The van der Waals surface area contributed by atoms with Crippen LogP contribution in [0, 0.1) is 0 Å². The zero-order chi connectivity index (χ0) is 20.1. The lowest BCUT2D eigenvalue weighted by Crippen LogP contribution is -2.27. The molecule has 0 spiro atoms. The normalized spacial score (nSPS) is 12.5. The quantitative estimate of drug-likeness (QED) is 0.550. The summed E-state index contributed by atoms with van der Waals surface area (Å²) >= 11 is 1.50. The first-order valence-electron chi connectivity index (χ1n) is 8.58. The van der Waals surface area contributed by atoms with Crippen LogP contribution in [0.3, 0.4) is 0 Å². The SMILES string of the molecule is CC(NC(=O)c1cc(S(=O)(=O)NCc2ccccc2)ccc1O)c1cccs1. The van der Waals surface area contributed by atoms with Crippen molar-refractivity contribution in [1.82, 2.24) is 10.0 Å². The second kappa shape index (κ2) is 8.55. The molecule has 1 atom stereocenters. The zero-order valence-corrected chi connectivity index (χ0v) is 16.8. The zero-order valence-electron chi connectivity index (χ0n) is 15.1. The van der Waals surface area contributed by atoms with E-state index in [-0.39, 0.29) is 28.8 Å². The average molecular weight is 417 g/mol. The molecule has 0 radical (unpaired) electrons. The number of carbonyl (C=O) groups excluding carboxylic acids is 1. The smallest absolute Gasteiger partial charge is 0.255 e. The number of amides is 1. The molecule has 3 rings (SSSR count). The second-order valence-corrected chi connectivity index (χ2v) is 8.95. The maximum Gasteiger partial charge on any atom is 0.255 e. The minimum Gasteiger partial charge on any atom is -0.507 e. The Morgan fingerprint density at radius 1 is 1.11 bits per heavy atom. The lowest BCUT2D eigenvalue weighted by Gasteiger charge is -2.14. The molecule has 8 heteroatoms. The summed E-state index contributed by atoms with van der Waals surface area (Å²) in [5.74, 6) is -0.823. The molecule has 2 aromatic carbocycles. The Balaban J connectivity index is 1.77. The Morgan fingerprint density at radius 2 is 1.86 bits per heavy atom. The van der Waals surface area contributed by atoms with Crippen LogP contribution in [0.4, 0.5) is 0 Å². The first-order chi connectivity index (χ1) is 13.4. The fraction of sp³-hybridized carbons (Fsp3) is 0.150. The molecule has 6 nitrogen and oxygen atoms in total. The highest BCUT2D eigenvalue weighted by atomic mass is 32.2. The van der Waals surface area contributed by atoms with Gasteiger partial charge >= 0.3 is 0 Å². The van der Waals surface area contributed by atoms with Gasteiger partial charge in [-0.2, -0.15) is 0 Å². The van der Waals surface area contributed by atoms with Gasteiger partial charge in [0.05, 0.1) is 16.5 Å². The molecule has 0 bridgehead atoms. The van der Waals surface area contributed by atoms with Crippen molar-refractivity contribution >= 4 is 27.3 Å². The van der Waals surface area contributed by atoms with Crippen LogP contribution in [0.1, 0.15) is 33.8 Å². The minimum atomic E-state index is -3.84. The summed E-state index contributed by atoms with van der Waals surface area (Å²) in [5.41, 5.74) is 0.721. The number of benzene rings is 2. The first kappa shape index (κ1) is 20.1. The summed E-state index contributed by atoms with van der Waals surface area (Å²) in [6.45, 7) is 1.95. The molecular formula is C20H20N2O4S2. The number of sulfonamides is 1. The summed E-state index contributed by atoms with van der Waals surface area (Å²) in [4.78, 5) is 13.4. The van der Waals surface area contributed by atoms with Crippen LogP contribution in [-0.2, 0) is 16.6 Å². The van der Waals surface area contributed by atoms with Gasteiger partial charge in [0.25, 0.3) is 5.91 Å². The molecular weight excluding hydrogens is 396 g/mol. The lowest BCUT2D eigenvalue weighted by atomic mass is 10.1. The van der Waals surface area contributed by atoms with E-state index in [4.69, 9.17) is 0 Å². The highest BCUT2D eigenvalue weighted by Gasteiger charge is 2.20. The summed E-state index contributed by atoms with van der Waals surface area (Å²) in [6.07, 6.45) is 0. The number of aromatic hydroxyl groups is 1. The van der Waals surface area contributed by atoms with Crippen LogP contribution >= 0.6 is 11.3 Å². The van der Waals surface area contributed by atoms with Crippen molar-refractivity contribution in [2.24, 2.45) is 0 Å². The number of carbonyl (C=O) groups is 1. The number of thiophene rings is 1. The number of phenolic OH excluding ortho intramolecular Hbond substituents is 1. The molecule has 3 N–H and O–H groups in total. The van der Waals surface area contributed by atoms with Gasteiger partial charge in [0.1, 0.15) is 5.75 Å². The van der Waals surface area contributed by atoms with Gasteiger partial charge in [-0.25, -0.2) is 13.1 Å². The number of hydrogen-bond acceptors (Lipinski definition) is 5. The molecule has 1 heterocycles. The van der Waals surface area contributed by atoms with Gasteiger partial charge in [-0.1, -0.05) is 36.4 Å². The number of nitrogens with one attached hydrogen (secondary N) is 2. The molecule has 1 aromatic heterocycles. The minimum absolute atomic E-state index is 0.0878. The molecule has 146 valence electrons. The maximum atomic E-state index is 12.6. The van der Waals surface area contributed by atoms with E-state index in [0.29, 0.717) is 0 Å². The van der Waals surface area contributed by atoms with E-state index in [9.17, 15) is 18.3 Å². The largest absolute Gasteiger partial charge is 0.507 e. The van der Waals surface area contributed by atoms with E-state index in [1.54, 1.807) is 0 Å². The third-order valence-electron chi connectivity index (χ3n) is 4.15. The van der Waals surface area contributed by atoms with Crippen LogP contribution in [0.15, 0.2) is 70.9 Å². The Morgan fingerprint density at radius 3 is 2.54 bits per heavy atom.